The average Bonchev–Trinajstić information content (AvgIpc) is 2.03. The molecule has 0 heterocycles. The maximum Gasteiger partial charge on any atom is 0.00792 e. The van der Waals surface area contributed by atoms with Crippen LogP contribution in [0, 0.1) is 5.92 Å². The maximum absolute atomic E-state index is 6.03. The lowest BCUT2D eigenvalue weighted by Gasteiger charge is -2.29. The van der Waals surface area contributed by atoms with Crippen molar-refractivity contribution >= 4 is 0 Å². The summed E-state index contributed by atoms with van der Waals surface area (Å²) in [6.45, 7) is 5.49. The van der Waals surface area contributed by atoms with Gasteiger partial charge >= 0.3 is 0 Å². The highest BCUT2D eigenvalue weighted by molar-refractivity contribution is 4.79. The van der Waals surface area contributed by atoms with Crippen LogP contribution in [0.3, 0.4) is 0 Å². The minimum atomic E-state index is 0.449. The standard InChI is InChI=1S/C10H22N2/c1-8(2)12-7-9-5-3-4-6-10(9)11/h8-10,12H,3-7,11H2,1-2H3/t9-,10+/m0/s1. The van der Waals surface area contributed by atoms with E-state index >= 15 is 0 Å². The second kappa shape index (κ2) is 4.83. The van der Waals surface area contributed by atoms with Crippen LogP contribution in [-0.4, -0.2) is 18.6 Å². The van der Waals surface area contributed by atoms with Crippen molar-refractivity contribution in [2.45, 2.75) is 51.6 Å². The normalized spacial score (nSPS) is 31.0. The molecule has 12 heavy (non-hydrogen) atoms. The van der Waals surface area contributed by atoms with Gasteiger partial charge in [0.05, 0.1) is 0 Å². The Kier molecular flexibility index (Phi) is 4.02. The van der Waals surface area contributed by atoms with E-state index in [-0.39, 0.29) is 0 Å². The van der Waals surface area contributed by atoms with E-state index in [0.717, 1.165) is 12.5 Å². The molecule has 0 saturated heterocycles. The summed E-state index contributed by atoms with van der Waals surface area (Å²) in [5.74, 6) is 0.723. The molecule has 0 amide bonds. The third-order valence-corrected chi connectivity index (χ3v) is 2.76. The van der Waals surface area contributed by atoms with Crippen molar-refractivity contribution < 1.29 is 0 Å². The molecule has 0 aromatic heterocycles. The van der Waals surface area contributed by atoms with Crippen LogP contribution in [0.5, 0.6) is 0 Å². The second-order valence-corrected chi connectivity index (χ2v) is 4.27. The minimum Gasteiger partial charge on any atom is -0.327 e. The van der Waals surface area contributed by atoms with Crippen LogP contribution >= 0.6 is 0 Å². The van der Waals surface area contributed by atoms with E-state index in [0.29, 0.717) is 12.1 Å². The molecular formula is C10H22N2. The van der Waals surface area contributed by atoms with Crippen LogP contribution in [0.2, 0.25) is 0 Å². The summed E-state index contributed by atoms with van der Waals surface area (Å²) in [7, 11) is 0. The molecule has 0 unspecified atom stereocenters. The Balaban J connectivity index is 2.20. The lowest BCUT2D eigenvalue weighted by Crippen LogP contribution is -2.41. The lowest BCUT2D eigenvalue weighted by molar-refractivity contribution is 0.290. The number of nitrogens with one attached hydrogen (secondary N) is 1. The van der Waals surface area contributed by atoms with E-state index in [1.807, 2.05) is 0 Å². The van der Waals surface area contributed by atoms with Gasteiger partial charge in [-0.2, -0.15) is 0 Å². The van der Waals surface area contributed by atoms with Crippen molar-refractivity contribution in [1.82, 2.24) is 5.32 Å². The SMILES string of the molecule is CC(C)NC[C@@H]1CCCC[C@H]1N. The summed E-state index contributed by atoms with van der Waals surface area (Å²) < 4.78 is 0. The first-order chi connectivity index (χ1) is 5.70. The van der Waals surface area contributed by atoms with Gasteiger partial charge in [0.1, 0.15) is 0 Å². The molecule has 0 aromatic carbocycles. The Hall–Kier alpha value is -0.0800. The first kappa shape index (κ1) is 10.0. The molecule has 1 saturated carbocycles. The fourth-order valence-corrected chi connectivity index (χ4v) is 1.88. The molecule has 0 bridgehead atoms. The molecule has 1 aliphatic carbocycles. The monoisotopic (exact) mass is 170 g/mol. The van der Waals surface area contributed by atoms with E-state index in [2.05, 4.69) is 19.2 Å². The van der Waals surface area contributed by atoms with Gasteiger partial charge in [-0.1, -0.05) is 26.7 Å². The van der Waals surface area contributed by atoms with Gasteiger partial charge in [0.25, 0.3) is 0 Å². The molecule has 0 aromatic rings. The fraction of sp³-hybridized carbons (Fsp3) is 1.00. The second-order valence-electron chi connectivity index (χ2n) is 4.27. The van der Waals surface area contributed by atoms with E-state index < -0.39 is 0 Å². The van der Waals surface area contributed by atoms with Crippen molar-refractivity contribution in [3.8, 4) is 0 Å². The fourth-order valence-electron chi connectivity index (χ4n) is 1.88. The van der Waals surface area contributed by atoms with Crippen LogP contribution in [0.15, 0.2) is 0 Å². The van der Waals surface area contributed by atoms with Gasteiger partial charge in [-0.3, -0.25) is 0 Å². The Morgan fingerprint density at radius 1 is 1.33 bits per heavy atom. The summed E-state index contributed by atoms with van der Waals surface area (Å²) in [6.07, 6.45) is 5.25. The van der Waals surface area contributed by atoms with Crippen LogP contribution in [0.1, 0.15) is 39.5 Å². The van der Waals surface area contributed by atoms with Gasteiger partial charge in [0.15, 0.2) is 0 Å². The van der Waals surface area contributed by atoms with E-state index in [1.54, 1.807) is 0 Å². The summed E-state index contributed by atoms with van der Waals surface area (Å²) >= 11 is 0. The molecule has 0 aliphatic heterocycles. The molecule has 1 rings (SSSR count). The molecule has 72 valence electrons. The first-order valence-corrected chi connectivity index (χ1v) is 5.19. The predicted molar refractivity (Wildman–Crippen MR) is 53.1 cm³/mol. The molecule has 1 aliphatic rings. The molecule has 2 atom stereocenters. The van der Waals surface area contributed by atoms with Crippen molar-refractivity contribution in [3.05, 3.63) is 0 Å². The van der Waals surface area contributed by atoms with Crippen molar-refractivity contribution in [2.75, 3.05) is 6.54 Å². The maximum atomic E-state index is 6.03. The third-order valence-electron chi connectivity index (χ3n) is 2.76. The Morgan fingerprint density at radius 2 is 2.00 bits per heavy atom. The summed E-state index contributed by atoms with van der Waals surface area (Å²) in [4.78, 5) is 0. The topological polar surface area (TPSA) is 38.0 Å². The molecular weight excluding hydrogens is 148 g/mol. The van der Waals surface area contributed by atoms with Gasteiger partial charge in [0, 0.05) is 12.1 Å². The highest BCUT2D eigenvalue weighted by Gasteiger charge is 2.21. The largest absolute Gasteiger partial charge is 0.327 e. The average molecular weight is 170 g/mol. The lowest BCUT2D eigenvalue weighted by atomic mass is 9.85. The van der Waals surface area contributed by atoms with E-state index in [9.17, 15) is 0 Å². The summed E-state index contributed by atoms with van der Waals surface area (Å²) in [5.41, 5.74) is 6.03. The van der Waals surface area contributed by atoms with Gasteiger partial charge in [-0.25, -0.2) is 0 Å². The Bertz CT molecular complexity index is 123. The smallest absolute Gasteiger partial charge is 0.00792 e. The highest BCUT2D eigenvalue weighted by Crippen LogP contribution is 2.22. The van der Waals surface area contributed by atoms with Gasteiger partial charge < -0.3 is 11.1 Å². The minimum absolute atomic E-state index is 0.449. The van der Waals surface area contributed by atoms with Crippen LogP contribution in [-0.2, 0) is 0 Å². The first-order valence-electron chi connectivity index (χ1n) is 5.19. The zero-order chi connectivity index (χ0) is 8.97. The third kappa shape index (κ3) is 3.11. The van der Waals surface area contributed by atoms with Gasteiger partial charge in [0.2, 0.25) is 0 Å². The van der Waals surface area contributed by atoms with Gasteiger partial charge in [-0.15, -0.1) is 0 Å². The molecule has 2 heteroatoms. The van der Waals surface area contributed by atoms with Crippen LogP contribution in [0.4, 0.5) is 0 Å². The summed E-state index contributed by atoms with van der Waals surface area (Å²) in [5, 5.41) is 3.47. The Morgan fingerprint density at radius 3 is 2.58 bits per heavy atom. The van der Waals surface area contributed by atoms with Crippen molar-refractivity contribution in [3.63, 3.8) is 0 Å². The molecule has 1 fully saturated rings. The summed E-state index contributed by atoms with van der Waals surface area (Å²) in [6, 6.07) is 1.05. The Labute approximate surface area is 75.9 Å². The number of nitrogens with two attached hydrogens (primary N) is 1. The molecule has 3 N–H and O–H groups in total. The molecule has 2 nitrogen and oxygen atoms in total. The van der Waals surface area contributed by atoms with Crippen molar-refractivity contribution in [2.24, 2.45) is 11.7 Å². The number of hydrogen-bond acceptors (Lipinski definition) is 2. The quantitative estimate of drug-likeness (QED) is 0.673. The number of rotatable bonds is 3. The zero-order valence-corrected chi connectivity index (χ0v) is 8.34. The predicted octanol–water partition coefficient (Wildman–Crippen LogP) is 1.50. The number of hydrogen-bond donors (Lipinski definition) is 2. The highest BCUT2D eigenvalue weighted by atomic mass is 14.9. The molecule has 0 radical (unpaired) electrons. The zero-order valence-electron chi connectivity index (χ0n) is 8.34. The van der Waals surface area contributed by atoms with E-state index in [1.165, 1.54) is 25.7 Å². The molecule has 0 spiro atoms. The van der Waals surface area contributed by atoms with Gasteiger partial charge in [-0.05, 0) is 25.3 Å². The van der Waals surface area contributed by atoms with Crippen LogP contribution < -0.4 is 11.1 Å². The van der Waals surface area contributed by atoms with Crippen LogP contribution in [0.25, 0.3) is 0 Å². The van der Waals surface area contributed by atoms with Crippen molar-refractivity contribution in [1.29, 1.82) is 0 Å². The van der Waals surface area contributed by atoms with E-state index in [4.69, 9.17) is 5.73 Å².